The van der Waals surface area contributed by atoms with Gasteiger partial charge in [0.2, 0.25) is 0 Å². The lowest BCUT2D eigenvalue weighted by Crippen LogP contribution is -2.27. The Balaban J connectivity index is 2.49. The molecule has 0 amide bonds. The van der Waals surface area contributed by atoms with Crippen LogP contribution in [0.2, 0.25) is 0 Å². The smallest absolute Gasteiger partial charge is 0.180 e. The lowest BCUT2D eigenvalue weighted by Gasteiger charge is -2.21. The normalized spacial score (nSPS) is 12.7. The monoisotopic (exact) mass is 210 g/mol. The molecular formula is C9H14N4S. The molecule has 0 fully saturated rings. The fraction of sp³-hybridized carbons (Fsp3) is 0.556. The van der Waals surface area contributed by atoms with Gasteiger partial charge < -0.3 is 5.73 Å². The fourth-order valence-corrected chi connectivity index (χ4v) is 1.83. The lowest BCUT2D eigenvalue weighted by atomic mass is 10.2. The van der Waals surface area contributed by atoms with E-state index in [-0.39, 0.29) is 6.04 Å². The molecule has 0 saturated carbocycles. The maximum Gasteiger partial charge on any atom is 0.180 e. The molecule has 1 aromatic heterocycles. The molecule has 76 valence electrons. The van der Waals surface area contributed by atoms with Crippen molar-refractivity contribution in [2.24, 2.45) is 0 Å². The van der Waals surface area contributed by atoms with Gasteiger partial charge in [0, 0.05) is 23.7 Å². The summed E-state index contributed by atoms with van der Waals surface area (Å²) >= 11 is 1.49. The van der Waals surface area contributed by atoms with Crippen molar-refractivity contribution in [2.75, 3.05) is 12.8 Å². The molecule has 0 aliphatic heterocycles. The summed E-state index contributed by atoms with van der Waals surface area (Å²) in [7, 11) is 2.00. The van der Waals surface area contributed by atoms with Crippen molar-refractivity contribution >= 4 is 16.5 Å². The van der Waals surface area contributed by atoms with E-state index in [4.69, 9.17) is 11.0 Å². The van der Waals surface area contributed by atoms with Gasteiger partial charge in [0.05, 0.1) is 12.5 Å². The van der Waals surface area contributed by atoms with E-state index in [2.05, 4.69) is 16.0 Å². The summed E-state index contributed by atoms with van der Waals surface area (Å²) in [6.45, 7) is 2.84. The van der Waals surface area contributed by atoms with E-state index in [1.54, 1.807) is 6.20 Å². The molecule has 0 aliphatic carbocycles. The molecule has 0 radical (unpaired) electrons. The number of aromatic nitrogens is 1. The molecule has 0 spiro atoms. The third-order valence-corrected chi connectivity index (χ3v) is 2.93. The van der Waals surface area contributed by atoms with E-state index in [0.717, 1.165) is 11.4 Å². The predicted octanol–water partition coefficient (Wildman–Crippen LogP) is 1.46. The molecule has 4 nitrogen and oxygen atoms in total. The van der Waals surface area contributed by atoms with E-state index in [0.29, 0.717) is 11.6 Å². The summed E-state index contributed by atoms with van der Waals surface area (Å²) in [4.78, 5) is 7.23. The second-order valence-corrected chi connectivity index (χ2v) is 4.44. The minimum absolute atomic E-state index is 0.267. The Morgan fingerprint density at radius 2 is 2.50 bits per heavy atom. The van der Waals surface area contributed by atoms with Gasteiger partial charge in [-0.05, 0) is 14.0 Å². The van der Waals surface area contributed by atoms with Gasteiger partial charge >= 0.3 is 0 Å². The van der Waals surface area contributed by atoms with Crippen LogP contribution in [0.1, 0.15) is 18.2 Å². The Hall–Kier alpha value is -1.12. The van der Waals surface area contributed by atoms with Crippen molar-refractivity contribution in [3.63, 3.8) is 0 Å². The summed E-state index contributed by atoms with van der Waals surface area (Å²) in [5.74, 6) is 0. The number of anilines is 1. The number of rotatable bonds is 4. The first-order valence-corrected chi connectivity index (χ1v) is 5.22. The van der Waals surface area contributed by atoms with Crippen LogP contribution in [0.3, 0.4) is 0 Å². The van der Waals surface area contributed by atoms with E-state index in [9.17, 15) is 0 Å². The first-order chi connectivity index (χ1) is 6.63. The molecule has 1 heterocycles. The molecule has 0 saturated heterocycles. The van der Waals surface area contributed by atoms with Gasteiger partial charge in [-0.3, -0.25) is 4.90 Å². The summed E-state index contributed by atoms with van der Waals surface area (Å²) in [5.41, 5.74) is 5.53. The lowest BCUT2D eigenvalue weighted by molar-refractivity contribution is 0.254. The second-order valence-electron chi connectivity index (χ2n) is 3.29. The number of thiazole rings is 1. The highest BCUT2D eigenvalue weighted by Gasteiger charge is 2.10. The Labute approximate surface area is 88.0 Å². The minimum atomic E-state index is 0.267. The van der Waals surface area contributed by atoms with Crippen molar-refractivity contribution in [1.82, 2.24) is 9.88 Å². The van der Waals surface area contributed by atoms with Gasteiger partial charge in [0.15, 0.2) is 5.13 Å². The summed E-state index contributed by atoms with van der Waals surface area (Å²) in [6.07, 6.45) is 2.33. The van der Waals surface area contributed by atoms with Crippen LogP contribution in [0.5, 0.6) is 0 Å². The largest absolute Gasteiger partial charge is 0.375 e. The van der Waals surface area contributed by atoms with Crippen LogP contribution >= 0.6 is 11.3 Å². The maximum absolute atomic E-state index is 8.55. The quantitative estimate of drug-likeness (QED) is 0.817. The predicted molar refractivity (Wildman–Crippen MR) is 57.7 cm³/mol. The number of hydrogen-bond acceptors (Lipinski definition) is 5. The summed E-state index contributed by atoms with van der Waals surface area (Å²) in [5, 5.41) is 9.15. The van der Waals surface area contributed by atoms with Gasteiger partial charge in [-0.15, -0.1) is 11.3 Å². The Morgan fingerprint density at radius 3 is 3.00 bits per heavy atom. The molecule has 0 aliphatic rings. The number of nitrogens with zero attached hydrogens (tertiary/aromatic N) is 3. The topological polar surface area (TPSA) is 65.9 Å². The molecule has 0 aromatic carbocycles. The highest BCUT2D eigenvalue weighted by molar-refractivity contribution is 7.15. The standard InChI is InChI=1S/C9H14N4S/c1-7(3-4-10)13(2)6-8-5-12-9(11)14-8/h5,7H,3,6H2,1-2H3,(H2,11,12). The Morgan fingerprint density at radius 1 is 1.79 bits per heavy atom. The fourth-order valence-electron chi connectivity index (χ4n) is 1.09. The van der Waals surface area contributed by atoms with E-state index >= 15 is 0 Å². The molecule has 1 unspecified atom stereocenters. The van der Waals surface area contributed by atoms with Crippen LogP contribution in [0.25, 0.3) is 0 Å². The minimum Gasteiger partial charge on any atom is -0.375 e. The van der Waals surface area contributed by atoms with Crippen LogP contribution in [-0.2, 0) is 6.54 Å². The van der Waals surface area contributed by atoms with Crippen LogP contribution in [0.4, 0.5) is 5.13 Å². The van der Waals surface area contributed by atoms with Gasteiger partial charge in [-0.25, -0.2) is 4.98 Å². The average molecular weight is 210 g/mol. The summed E-state index contributed by atoms with van der Waals surface area (Å²) < 4.78 is 0. The number of nitrogen functional groups attached to an aromatic ring is 1. The zero-order valence-corrected chi connectivity index (χ0v) is 9.21. The van der Waals surface area contributed by atoms with E-state index < -0.39 is 0 Å². The number of nitrogens with two attached hydrogens (primary N) is 1. The van der Waals surface area contributed by atoms with Crippen LogP contribution in [0, 0.1) is 11.3 Å². The molecular weight excluding hydrogens is 196 g/mol. The van der Waals surface area contributed by atoms with Crippen LogP contribution < -0.4 is 5.73 Å². The molecule has 0 bridgehead atoms. The van der Waals surface area contributed by atoms with Crippen molar-refractivity contribution in [3.8, 4) is 6.07 Å². The highest BCUT2D eigenvalue weighted by Crippen LogP contribution is 2.17. The summed E-state index contributed by atoms with van der Waals surface area (Å²) in [6, 6.07) is 2.43. The zero-order chi connectivity index (χ0) is 10.6. The highest BCUT2D eigenvalue weighted by atomic mass is 32.1. The third-order valence-electron chi connectivity index (χ3n) is 2.12. The first-order valence-electron chi connectivity index (χ1n) is 4.41. The van der Waals surface area contributed by atoms with E-state index in [1.807, 2.05) is 14.0 Å². The van der Waals surface area contributed by atoms with Gasteiger partial charge in [-0.1, -0.05) is 0 Å². The molecule has 1 aromatic rings. The number of hydrogen-bond donors (Lipinski definition) is 1. The van der Waals surface area contributed by atoms with Crippen molar-refractivity contribution in [3.05, 3.63) is 11.1 Å². The number of nitriles is 1. The molecule has 14 heavy (non-hydrogen) atoms. The van der Waals surface area contributed by atoms with Crippen LogP contribution in [-0.4, -0.2) is 23.0 Å². The zero-order valence-electron chi connectivity index (χ0n) is 8.40. The van der Waals surface area contributed by atoms with Crippen molar-refractivity contribution in [2.45, 2.75) is 25.9 Å². The Kier molecular flexibility index (Phi) is 3.86. The van der Waals surface area contributed by atoms with Crippen molar-refractivity contribution < 1.29 is 0 Å². The third kappa shape index (κ3) is 2.98. The molecule has 1 atom stereocenters. The first kappa shape index (κ1) is 11.0. The van der Waals surface area contributed by atoms with Gasteiger partial charge in [-0.2, -0.15) is 5.26 Å². The Bertz CT molecular complexity index is 328. The molecule has 5 heteroatoms. The maximum atomic E-state index is 8.55. The van der Waals surface area contributed by atoms with Crippen molar-refractivity contribution in [1.29, 1.82) is 5.26 Å². The second kappa shape index (κ2) is 4.94. The SMILES string of the molecule is CC(CC#N)N(C)Cc1cnc(N)s1. The molecule has 1 rings (SSSR count). The average Bonchev–Trinajstić information content (AvgIpc) is 2.51. The van der Waals surface area contributed by atoms with E-state index in [1.165, 1.54) is 11.3 Å². The van der Waals surface area contributed by atoms with Gasteiger partial charge in [0.25, 0.3) is 0 Å². The molecule has 2 N–H and O–H groups in total. The van der Waals surface area contributed by atoms with Gasteiger partial charge in [0.1, 0.15) is 0 Å². The van der Waals surface area contributed by atoms with Crippen LogP contribution in [0.15, 0.2) is 6.20 Å².